The highest BCUT2D eigenvalue weighted by Crippen LogP contribution is 2.20. The fourth-order valence-corrected chi connectivity index (χ4v) is 2.85. The van der Waals surface area contributed by atoms with Gasteiger partial charge in [-0.1, -0.05) is 0 Å². The van der Waals surface area contributed by atoms with Gasteiger partial charge in [-0.25, -0.2) is 8.42 Å². The minimum absolute atomic E-state index is 0.0875. The van der Waals surface area contributed by atoms with E-state index in [1.807, 2.05) is 0 Å². The number of hydrogen-bond donors (Lipinski definition) is 0. The molecule has 1 atom stereocenters. The third-order valence-corrected chi connectivity index (χ3v) is 4.81. The average molecular weight is 205 g/mol. The Balaban J connectivity index is 2.73. The number of rotatable bonds is 0. The monoisotopic (exact) mass is 205 g/mol. The van der Waals surface area contributed by atoms with Crippen LogP contribution in [0.2, 0.25) is 0 Å². The quantitative estimate of drug-likeness (QED) is 0.590. The van der Waals surface area contributed by atoms with E-state index in [9.17, 15) is 8.42 Å². The molecule has 3 nitrogen and oxygen atoms in total. The van der Waals surface area contributed by atoms with Gasteiger partial charge >= 0.3 is 0 Å². The van der Waals surface area contributed by atoms with Gasteiger partial charge in [0, 0.05) is 18.6 Å². The van der Waals surface area contributed by atoms with Gasteiger partial charge in [0.2, 0.25) is 0 Å². The predicted octanol–water partition coefficient (Wildman–Crippen LogP) is 0.904. The Kier molecular flexibility index (Phi) is 2.74. The SMILES string of the molecule is CC1CN(C(C)(C)C)CCS1(=O)=O. The van der Waals surface area contributed by atoms with Crippen molar-refractivity contribution in [2.75, 3.05) is 18.8 Å². The Labute approximate surface area is 81.0 Å². The predicted molar refractivity (Wildman–Crippen MR) is 54.6 cm³/mol. The molecule has 0 aromatic heterocycles. The van der Waals surface area contributed by atoms with Crippen LogP contribution in [-0.2, 0) is 9.84 Å². The third kappa shape index (κ3) is 2.44. The van der Waals surface area contributed by atoms with Crippen molar-refractivity contribution in [1.82, 2.24) is 4.90 Å². The maximum Gasteiger partial charge on any atom is 0.155 e. The van der Waals surface area contributed by atoms with Crippen LogP contribution in [0.15, 0.2) is 0 Å². The molecule has 0 aromatic rings. The van der Waals surface area contributed by atoms with E-state index in [0.717, 1.165) is 0 Å². The van der Waals surface area contributed by atoms with Crippen LogP contribution >= 0.6 is 0 Å². The van der Waals surface area contributed by atoms with Gasteiger partial charge in [-0.05, 0) is 27.7 Å². The maximum absolute atomic E-state index is 11.4. The molecule has 0 N–H and O–H groups in total. The van der Waals surface area contributed by atoms with E-state index in [-0.39, 0.29) is 10.8 Å². The van der Waals surface area contributed by atoms with Crippen LogP contribution in [0.3, 0.4) is 0 Å². The molecule has 1 fully saturated rings. The fraction of sp³-hybridized carbons (Fsp3) is 1.00. The molecule has 1 rings (SSSR count). The number of nitrogens with zero attached hydrogens (tertiary/aromatic N) is 1. The molecule has 0 bridgehead atoms. The van der Waals surface area contributed by atoms with Crippen LogP contribution in [0.1, 0.15) is 27.7 Å². The molecule has 1 aliphatic heterocycles. The summed E-state index contributed by atoms with van der Waals surface area (Å²) in [7, 11) is -2.80. The van der Waals surface area contributed by atoms with Gasteiger partial charge in [0.15, 0.2) is 9.84 Å². The second-order valence-corrected chi connectivity index (χ2v) is 7.33. The molecule has 13 heavy (non-hydrogen) atoms. The topological polar surface area (TPSA) is 37.4 Å². The van der Waals surface area contributed by atoms with Crippen LogP contribution in [0.5, 0.6) is 0 Å². The molecule has 0 amide bonds. The first kappa shape index (κ1) is 11.0. The van der Waals surface area contributed by atoms with Crippen LogP contribution in [-0.4, -0.2) is 42.9 Å². The lowest BCUT2D eigenvalue weighted by Gasteiger charge is -2.40. The summed E-state index contributed by atoms with van der Waals surface area (Å²) in [5, 5.41) is -0.208. The van der Waals surface area contributed by atoms with E-state index in [2.05, 4.69) is 25.7 Å². The Morgan fingerprint density at radius 3 is 2.23 bits per heavy atom. The molecule has 1 saturated heterocycles. The van der Waals surface area contributed by atoms with Gasteiger partial charge in [0.1, 0.15) is 0 Å². The first-order valence-electron chi connectivity index (χ1n) is 4.70. The van der Waals surface area contributed by atoms with Crippen LogP contribution < -0.4 is 0 Å². The van der Waals surface area contributed by atoms with Crippen molar-refractivity contribution in [2.45, 2.75) is 38.5 Å². The van der Waals surface area contributed by atoms with Crippen molar-refractivity contribution in [3.8, 4) is 0 Å². The molecule has 0 aromatic carbocycles. The minimum Gasteiger partial charge on any atom is -0.296 e. The van der Waals surface area contributed by atoms with Crippen molar-refractivity contribution >= 4 is 9.84 Å². The van der Waals surface area contributed by atoms with E-state index in [1.165, 1.54) is 0 Å². The lowest BCUT2D eigenvalue weighted by atomic mass is 10.1. The van der Waals surface area contributed by atoms with Crippen LogP contribution in [0.4, 0.5) is 0 Å². The average Bonchev–Trinajstić information content (AvgIpc) is 1.92. The van der Waals surface area contributed by atoms with E-state index >= 15 is 0 Å². The molecule has 0 saturated carbocycles. The zero-order valence-electron chi connectivity index (χ0n) is 8.87. The standard InChI is InChI=1S/C9H19NO2S/c1-8-7-10(9(2,3)4)5-6-13(8,11)12/h8H,5-7H2,1-4H3. The molecule has 0 aliphatic carbocycles. The van der Waals surface area contributed by atoms with Gasteiger partial charge in [0.25, 0.3) is 0 Å². The third-order valence-electron chi connectivity index (χ3n) is 2.68. The van der Waals surface area contributed by atoms with E-state index in [0.29, 0.717) is 18.8 Å². The molecule has 0 radical (unpaired) electrons. The van der Waals surface area contributed by atoms with Gasteiger partial charge in [-0.3, -0.25) is 4.90 Å². The molecular weight excluding hydrogens is 186 g/mol. The Bertz CT molecular complexity index is 276. The van der Waals surface area contributed by atoms with Gasteiger partial charge in [-0.2, -0.15) is 0 Å². The second kappa shape index (κ2) is 3.24. The largest absolute Gasteiger partial charge is 0.296 e. The lowest BCUT2D eigenvalue weighted by Crippen LogP contribution is -2.53. The number of hydrogen-bond acceptors (Lipinski definition) is 3. The summed E-state index contributed by atoms with van der Waals surface area (Å²) in [4.78, 5) is 2.23. The number of sulfone groups is 1. The van der Waals surface area contributed by atoms with E-state index in [1.54, 1.807) is 6.92 Å². The van der Waals surface area contributed by atoms with Crippen molar-refractivity contribution in [3.63, 3.8) is 0 Å². The van der Waals surface area contributed by atoms with Crippen molar-refractivity contribution in [1.29, 1.82) is 0 Å². The fourth-order valence-electron chi connectivity index (χ4n) is 1.56. The smallest absolute Gasteiger partial charge is 0.155 e. The minimum atomic E-state index is -2.80. The van der Waals surface area contributed by atoms with Gasteiger partial charge < -0.3 is 0 Å². The molecule has 4 heteroatoms. The summed E-state index contributed by atoms with van der Waals surface area (Å²) >= 11 is 0. The summed E-state index contributed by atoms with van der Waals surface area (Å²) in [5.41, 5.74) is 0.0875. The zero-order chi connectivity index (χ0) is 10.3. The molecule has 1 unspecified atom stereocenters. The first-order chi connectivity index (χ1) is 5.73. The van der Waals surface area contributed by atoms with Crippen molar-refractivity contribution < 1.29 is 8.42 Å². The second-order valence-electron chi connectivity index (χ2n) is 4.79. The summed E-state index contributed by atoms with van der Waals surface area (Å²) in [6.45, 7) is 9.52. The van der Waals surface area contributed by atoms with Crippen molar-refractivity contribution in [3.05, 3.63) is 0 Å². The Hall–Kier alpha value is -0.0900. The summed E-state index contributed by atoms with van der Waals surface area (Å²) in [6, 6.07) is 0. The zero-order valence-corrected chi connectivity index (χ0v) is 9.69. The molecule has 0 spiro atoms. The molecule has 78 valence electrons. The summed E-state index contributed by atoms with van der Waals surface area (Å²) < 4.78 is 22.9. The van der Waals surface area contributed by atoms with Crippen LogP contribution in [0.25, 0.3) is 0 Å². The Morgan fingerprint density at radius 2 is 1.85 bits per heavy atom. The van der Waals surface area contributed by atoms with Crippen molar-refractivity contribution in [2.24, 2.45) is 0 Å². The van der Waals surface area contributed by atoms with E-state index in [4.69, 9.17) is 0 Å². The van der Waals surface area contributed by atoms with Gasteiger partial charge in [0.05, 0.1) is 11.0 Å². The first-order valence-corrected chi connectivity index (χ1v) is 6.41. The summed E-state index contributed by atoms with van der Waals surface area (Å²) in [5.74, 6) is 0.311. The normalized spacial score (nSPS) is 30.3. The highest BCUT2D eigenvalue weighted by molar-refractivity contribution is 7.92. The lowest BCUT2D eigenvalue weighted by molar-refractivity contribution is 0.140. The summed E-state index contributed by atoms with van der Waals surface area (Å²) in [6.07, 6.45) is 0. The van der Waals surface area contributed by atoms with E-state index < -0.39 is 9.84 Å². The molecule has 1 aliphatic rings. The maximum atomic E-state index is 11.4. The molecular formula is C9H19NO2S. The molecule has 1 heterocycles. The highest BCUT2D eigenvalue weighted by Gasteiger charge is 2.33. The van der Waals surface area contributed by atoms with Crippen LogP contribution in [0, 0.1) is 0 Å². The highest BCUT2D eigenvalue weighted by atomic mass is 32.2. The Morgan fingerprint density at radius 1 is 1.31 bits per heavy atom. The van der Waals surface area contributed by atoms with Gasteiger partial charge in [-0.15, -0.1) is 0 Å².